The summed E-state index contributed by atoms with van der Waals surface area (Å²) in [6.45, 7) is 5.70. The van der Waals surface area contributed by atoms with Crippen molar-refractivity contribution >= 4 is 35.0 Å². The molecule has 0 aromatic heterocycles. The second kappa shape index (κ2) is 9.74. The fourth-order valence-electron chi connectivity index (χ4n) is 4.63. The summed E-state index contributed by atoms with van der Waals surface area (Å²) in [6.07, 6.45) is 1.53. The third kappa shape index (κ3) is 4.87. The molecule has 3 atom stereocenters. The Balaban J connectivity index is 1.78. The molecule has 0 saturated carbocycles. The van der Waals surface area contributed by atoms with Gasteiger partial charge >= 0.3 is 5.97 Å². The molecule has 4 nitrogen and oxygen atoms in total. The number of dihydropyridines is 1. The molecule has 1 N–H and O–H groups in total. The van der Waals surface area contributed by atoms with E-state index in [2.05, 4.69) is 5.32 Å². The zero-order chi connectivity index (χ0) is 23.7. The number of esters is 1. The van der Waals surface area contributed by atoms with Crippen LogP contribution in [0.1, 0.15) is 63.0 Å². The molecule has 0 spiro atoms. The standard InChI is InChI=1S/C27H27Cl2NO3/c1-4-15(2)33-27(32)24-16(3)30-22-13-19(17-8-10-20(28)11-9-17)14-23(31)26(22)25(24)18-6-5-7-21(29)12-18/h5-12,15,19,25,30H,4,13-14H2,1-3H3/t15-,19-,25+/m0/s1. The van der Waals surface area contributed by atoms with E-state index < -0.39 is 11.9 Å². The van der Waals surface area contributed by atoms with Gasteiger partial charge in [-0.15, -0.1) is 0 Å². The highest BCUT2D eigenvalue weighted by Crippen LogP contribution is 2.46. The van der Waals surface area contributed by atoms with Crippen molar-refractivity contribution in [3.63, 3.8) is 0 Å². The lowest BCUT2D eigenvalue weighted by Gasteiger charge is -2.37. The van der Waals surface area contributed by atoms with Crippen LogP contribution in [0.2, 0.25) is 10.0 Å². The van der Waals surface area contributed by atoms with Gasteiger partial charge in [0.25, 0.3) is 0 Å². The highest BCUT2D eigenvalue weighted by atomic mass is 35.5. The number of carbonyl (C=O) groups is 2. The van der Waals surface area contributed by atoms with Crippen molar-refractivity contribution < 1.29 is 14.3 Å². The van der Waals surface area contributed by atoms with Gasteiger partial charge in [-0.25, -0.2) is 4.79 Å². The second-order valence-corrected chi connectivity index (χ2v) is 9.62. The van der Waals surface area contributed by atoms with Gasteiger partial charge in [-0.05, 0) is 68.0 Å². The number of nitrogens with one attached hydrogen (secondary N) is 1. The number of hydrogen-bond donors (Lipinski definition) is 1. The largest absolute Gasteiger partial charge is 0.459 e. The Hall–Kier alpha value is -2.56. The lowest BCUT2D eigenvalue weighted by molar-refractivity contribution is -0.144. The number of Topliss-reactive ketones (excluding diaryl/α,β-unsaturated/α-hetero) is 1. The molecule has 0 saturated heterocycles. The summed E-state index contributed by atoms with van der Waals surface area (Å²) in [7, 11) is 0. The molecule has 6 heteroatoms. The predicted molar refractivity (Wildman–Crippen MR) is 131 cm³/mol. The van der Waals surface area contributed by atoms with Crippen molar-refractivity contribution in [2.24, 2.45) is 0 Å². The first-order valence-electron chi connectivity index (χ1n) is 11.2. The van der Waals surface area contributed by atoms with E-state index in [0.29, 0.717) is 46.2 Å². The molecule has 0 bridgehead atoms. The minimum atomic E-state index is -0.518. The summed E-state index contributed by atoms with van der Waals surface area (Å²) in [6, 6.07) is 15.0. The Bertz CT molecular complexity index is 1150. The van der Waals surface area contributed by atoms with Crippen molar-refractivity contribution in [2.75, 3.05) is 0 Å². The first-order chi connectivity index (χ1) is 15.8. The normalized spacial score (nSPS) is 21.4. The molecule has 1 aliphatic heterocycles. The smallest absolute Gasteiger partial charge is 0.337 e. The van der Waals surface area contributed by atoms with Crippen LogP contribution in [-0.4, -0.2) is 17.9 Å². The Morgan fingerprint density at radius 3 is 2.48 bits per heavy atom. The van der Waals surface area contributed by atoms with Crippen molar-refractivity contribution in [2.45, 2.75) is 58.0 Å². The molecular weight excluding hydrogens is 457 g/mol. The molecule has 172 valence electrons. The quantitative estimate of drug-likeness (QED) is 0.480. The molecule has 0 amide bonds. The first-order valence-corrected chi connectivity index (χ1v) is 12.0. The summed E-state index contributed by atoms with van der Waals surface area (Å²) >= 11 is 12.4. The topological polar surface area (TPSA) is 55.4 Å². The fourth-order valence-corrected chi connectivity index (χ4v) is 4.95. The fraction of sp³-hybridized carbons (Fsp3) is 0.333. The molecule has 0 fully saturated rings. The summed E-state index contributed by atoms with van der Waals surface area (Å²) < 4.78 is 5.69. The van der Waals surface area contributed by atoms with Crippen LogP contribution < -0.4 is 5.32 Å². The third-order valence-electron chi connectivity index (χ3n) is 6.45. The van der Waals surface area contributed by atoms with E-state index in [9.17, 15) is 9.59 Å². The average molecular weight is 484 g/mol. The van der Waals surface area contributed by atoms with Gasteiger partial charge in [0, 0.05) is 39.4 Å². The summed E-state index contributed by atoms with van der Waals surface area (Å²) in [5, 5.41) is 4.60. The number of hydrogen-bond acceptors (Lipinski definition) is 4. The number of ether oxygens (including phenoxy) is 1. The zero-order valence-corrected chi connectivity index (χ0v) is 20.5. The van der Waals surface area contributed by atoms with Gasteiger partial charge in [-0.3, -0.25) is 4.79 Å². The van der Waals surface area contributed by atoms with Crippen LogP contribution in [0.3, 0.4) is 0 Å². The predicted octanol–water partition coefficient (Wildman–Crippen LogP) is 6.70. The molecule has 0 unspecified atom stereocenters. The van der Waals surface area contributed by atoms with E-state index in [1.807, 2.05) is 63.2 Å². The van der Waals surface area contributed by atoms with Crippen LogP contribution >= 0.6 is 23.2 Å². The first kappa shape index (κ1) is 23.6. The highest BCUT2D eigenvalue weighted by molar-refractivity contribution is 6.30. The average Bonchev–Trinajstić information content (AvgIpc) is 2.78. The monoisotopic (exact) mass is 483 g/mol. The Labute approximate surface area is 204 Å². The maximum absolute atomic E-state index is 13.6. The summed E-state index contributed by atoms with van der Waals surface area (Å²) in [4.78, 5) is 26.8. The molecule has 4 rings (SSSR count). The lowest BCUT2D eigenvalue weighted by Crippen LogP contribution is -2.36. The number of ketones is 1. The SMILES string of the molecule is CC[C@H](C)OC(=O)C1=C(C)NC2=C(C(=O)C[C@@H](c3ccc(Cl)cc3)C2)[C@@H]1c1cccc(Cl)c1. The van der Waals surface area contributed by atoms with Gasteiger partial charge < -0.3 is 10.1 Å². The van der Waals surface area contributed by atoms with Crippen LogP contribution in [0.5, 0.6) is 0 Å². The third-order valence-corrected chi connectivity index (χ3v) is 6.94. The van der Waals surface area contributed by atoms with Crippen molar-refractivity contribution in [1.82, 2.24) is 5.32 Å². The van der Waals surface area contributed by atoms with Gasteiger partial charge in [0.1, 0.15) is 0 Å². The van der Waals surface area contributed by atoms with Crippen molar-refractivity contribution in [1.29, 1.82) is 0 Å². The van der Waals surface area contributed by atoms with Gasteiger partial charge in [0.05, 0.1) is 11.7 Å². The second-order valence-electron chi connectivity index (χ2n) is 8.75. The number of halogens is 2. The minimum Gasteiger partial charge on any atom is -0.459 e. The molecule has 0 radical (unpaired) electrons. The van der Waals surface area contributed by atoms with E-state index in [1.54, 1.807) is 6.07 Å². The van der Waals surface area contributed by atoms with E-state index in [0.717, 1.165) is 16.8 Å². The zero-order valence-electron chi connectivity index (χ0n) is 19.0. The molecule has 2 aromatic carbocycles. The van der Waals surface area contributed by atoms with Gasteiger partial charge in [-0.2, -0.15) is 0 Å². The summed E-state index contributed by atoms with van der Waals surface area (Å²) in [5.41, 5.74) is 4.54. The van der Waals surface area contributed by atoms with Crippen LogP contribution in [0.4, 0.5) is 0 Å². The van der Waals surface area contributed by atoms with Crippen LogP contribution in [0, 0.1) is 0 Å². The van der Waals surface area contributed by atoms with Crippen LogP contribution in [0.25, 0.3) is 0 Å². The van der Waals surface area contributed by atoms with Gasteiger partial charge in [0.15, 0.2) is 5.78 Å². The maximum atomic E-state index is 13.6. The molecule has 2 aromatic rings. The number of allylic oxidation sites excluding steroid dienone is 3. The molecular formula is C27H27Cl2NO3. The minimum absolute atomic E-state index is 0.0232. The summed E-state index contributed by atoms with van der Waals surface area (Å²) in [5.74, 6) is -0.855. The number of rotatable bonds is 5. The van der Waals surface area contributed by atoms with E-state index >= 15 is 0 Å². The molecule has 1 heterocycles. The van der Waals surface area contributed by atoms with Crippen LogP contribution in [0.15, 0.2) is 71.1 Å². The number of benzene rings is 2. The molecule has 1 aliphatic carbocycles. The number of carbonyl (C=O) groups excluding carboxylic acids is 2. The Morgan fingerprint density at radius 2 is 1.82 bits per heavy atom. The van der Waals surface area contributed by atoms with Gasteiger partial charge in [0.2, 0.25) is 0 Å². The Kier molecular flexibility index (Phi) is 6.96. The van der Waals surface area contributed by atoms with E-state index in [4.69, 9.17) is 27.9 Å². The van der Waals surface area contributed by atoms with E-state index in [1.165, 1.54) is 0 Å². The molecule has 2 aliphatic rings. The van der Waals surface area contributed by atoms with Crippen molar-refractivity contribution in [3.05, 3.63) is 92.2 Å². The maximum Gasteiger partial charge on any atom is 0.337 e. The van der Waals surface area contributed by atoms with Crippen molar-refractivity contribution in [3.8, 4) is 0 Å². The Morgan fingerprint density at radius 1 is 1.09 bits per heavy atom. The molecule has 33 heavy (non-hydrogen) atoms. The van der Waals surface area contributed by atoms with Gasteiger partial charge in [-0.1, -0.05) is 54.4 Å². The van der Waals surface area contributed by atoms with Crippen LogP contribution in [-0.2, 0) is 14.3 Å². The van der Waals surface area contributed by atoms with E-state index in [-0.39, 0.29) is 17.8 Å². The lowest BCUT2D eigenvalue weighted by atomic mass is 9.72. The highest BCUT2D eigenvalue weighted by Gasteiger charge is 2.41.